The number of nitrogens with one attached hydrogen (secondary N) is 1. The van der Waals surface area contributed by atoms with Crippen LogP contribution in [0.25, 0.3) is 0 Å². The van der Waals surface area contributed by atoms with Crippen LogP contribution in [-0.2, 0) is 0 Å². The Balaban J connectivity index is -0.00000000750. The van der Waals surface area contributed by atoms with E-state index in [-0.39, 0.29) is 22.5 Å². The molecule has 5 heteroatoms. The number of rotatable bonds is 1. The number of hydrogen-bond acceptors (Lipinski definition) is 1. The van der Waals surface area contributed by atoms with E-state index in [0.29, 0.717) is 0 Å². The molecule has 0 aliphatic carbocycles. The van der Waals surface area contributed by atoms with E-state index in [9.17, 15) is 0 Å². The lowest BCUT2D eigenvalue weighted by Gasteiger charge is -1.76. The van der Waals surface area contributed by atoms with Crippen LogP contribution in [0.5, 0.6) is 0 Å². The average Bonchev–Trinajstić information content (AvgIpc) is 1.37. The zero-order valence-electron chi connectivity index (χ0n) is 5.01. The molecule has 0 saturated carbocycles. The van der Waals surface area contributed by atoms with Gasteiger partial charge in [-0.2, -0.15) is 0 Å². The molecule has 0 aliphatic heterocycles. The van der Waals surface area contributed by atoms with Crippen molar-refractivity contribution in [1.82, 2.24) is 5.32 Å². The zero-order chi connectivity index (χ0) is 3.41. The molecule has 0 amide bonds. The van der Waals surface area contributed by atoms with Crippen molar-refractivity contribution in [2.24, 2.45) is 0 Å². The van der Waals surface area contributed by atoms with Crippen molar-refractivity contribution < 1.29 is 14.1 Å². The van der Waals surface area contributed by atoms with Crippen LogP contribution in [0, 0.1) is 0 Å². The lowest BCUT2D eigenvalue weighted by Crippen LogP contribution is -2.01. The Labute approximate surface area is 49.5 Å². The predicted molar refractivity (Wildman–Crippen MR) is 32.9 cm³/mol. The molecule has 53 valence electrons. The molecular weight excluding hydrogens is 118 g/mol. The van der Waals surface area contributed by atoms with Gasteiger partial charge in [-0.3, -0.25) is 14.1 Å². The average molecular weight is 130 g/mol. The summed E-state index contributed by atoms with van der Waals surface area (Å²) in [5.41, 5.74) is 0. The van der Waals surface area contributed by atoms with Gasteiger partial charge in [0.2, 0.25) is 0 Å². The molecule has 0 bridgehead atoms. The highest BCUT2D eigenvalue weighted by Crippen LogP contribution is 1.34. The highest BCUT2D eigenvalue weighted by atomic mass is 19.0. The minimum absolute atomic E-state index is 0. The maximum Gasteiger partial charge on any atom is 0 e. The predicted octanol–water partition coefficient (Wildman–Crippen LogP) is 0.302. The lowest BCUT2D eigenvalue weighted by atomic mass is 10.8. The highest BCUT2D eigenvalue weighted by Gasteiger charge is 1.50. The van der Waals surface area contributed by atoms with Crippen LogP contribution < -0.4 is 5.32 Å². The first-order chi connectivity index (χ1) is 1.91. The minimum Gasteiger partial charge on any atom is -0.320 e. The first kappa shape index (κ1) is 45.8. The molecule has 0 heterocycles. The van der Waals surface area contributed by atoms with Gasteiger partial charge in [-0.05, 0) is 13.6 Å². The summed E-state index contributed by atoms with van der Waals surface area (Å²) >= 11 is 0. The van der Waals surface area contributed by atoms with Gasteiger partial charge in [-0.1, -0.05) is 6.92 Å². The van der Waals surface area contributed by atoms with Crippen molar-refractivity contribution in [3.63, 3.8) is 0 Å². The molecule has 0 aliphatic rings. The normalized spacial score (nSPS) is 3.75. The molecular formula is C3H12BF3N. The topological polar surface area (TPSA) is 12.0 Å². The van der Waals surface area contributed by atoms with Crippen molar-refractivity contribution in [1.29, 1.82) is 0 Å². The SMILES string of the molecule is CCNC.F.F.F.[B]. The van der Waals surface area contributed by atoms with Gasteiger partial charge in [-0.25, -0.2) is 0 Å². The third-order valence-corrected chi connectivity index (χ3v) is 0.354. The van der Waals surface area contributed by atoms with Gasteiger partial charge in [-0.15, -0.1) is 0 Å². The standard InChI is InChI=1S/C3H9N.B.3FH/c1-3-4-2;;;;/h4H,3H2,1-2H3;;3*1H. The van der Waals surface area contributed by atoms with E-state index in [2.05, 4.69) is 12.2 Å². The van der Waals surface area contributed by atoms with Gasteiger partial charge < -0.3 is 5.32 Å². The fourth-order valence-electron chi connectivity index (χ4n) is 0. The number of hydrogen-bond donors (Lipinski definition) is 1. The second-order valence-electron chi connectivity index (χ2n) is 0.707. The third-order valence-electron chi connectivity index (χ3n) is 0.354. The van der Waals surface area contributed by atoms with E-state index in [1.54, 1.807) is 0 Å². The Hall–Kier alpha value is -0.185. The Bertz CT molecular complexity index is 16.5. The van der Waals surface area contributed by atoms with Crippen LogP contribution in [0.4, 0.5) is 14.1 Å². The molecule has 8 heavy (non-hydrogen) atoms. The van der Waals surface area contributed by atoms with Gasteiger partial charge in [0, 0.05) is 8.41 Å². The molecule has 0 saturated heterocycles. The molecule has 1 nitrogen and oxygen atoms in total. The molecule has 0 rings (SSSR count). The third kappa shape index (κ3) is 203. The Morgan fingerprint density at radius 1 is 1.12 bits per heavy atom. The van der Waals surface area contributed by atoms with Crippen LogP contribution in [0.15, 0.2) is 0 Å². The second kappa shape index (κ2) is 70.0. The molecule has 1 N–H and O–H groups in total. The molecule has 0 aromatic rings. The van der Waals surface area contributed by atoms with E-state index in [1.807, 2.05) is 7.05 Å². The summed E-state index contributed by atoms with van der Waals surface area (Å²) in [6.45, 7) is 3.14. The quantitative estimate of drug-likeness (QED) is 0.503. The van der Waals surface area contributed by atoms with E-state index in [0.717, 1.165) is 6.54 Å². The molecule has 0 atom stereocenters. The first-order valence-electron chi connectivity index (χ1n) is 1.56. The first-order valence-corrected chi connectivity index (χ1v) is 1.56. The van der Waals surface area contributed by atoms with Crippen molar-refractivity contribution in [3.05, 3.63) is 0 Å². The molecule has 0 unspecified atom stereocenters. The van der Waals surface area contributed by atoms with Gasteiger partial charge in [0.1, 0.15) is 0 Å². The van der Waals surface area contributed by atoms with Crippen molar-refractivity contribution in [3.8, 4) is 0 Å². The maximum atomic E-state index is 2.93. The summed E-state index contributed by atoms with van der Waals surface area (Å²) < 4.78 is 0. The van der Waals surface area contributed by atoms with Crippen molar-refractivity contribution in [2.75, 3.05) is 13.6 Å². The van der Waals surface area contributed by atoms with Crippen LogP contribution in [0.1, 0.15) is 6.92 Å². The van der Waals surface area contributed by atoms with E-state index >= 15 is 0 Å². The van der Waals surface area contributed by atoms with Crippen molar-refractivity contribution >= 4 is 8.41 Å². The van der Waals surface area contributed by atoms with Crippen LogP contribution in [0.2, 0.25) is 0 Å². The second-order valence-corrected chi connectivity index (χ2v) is 0.707. The monoisotopic (exact) mass is 130 g/mol. The number of halogens is 3. The van der Waals surface area contributed by atoms with Gasteiger partial charge in [0.05, 0.1) is 0 Å². The summed E-state index contributed by atoms with van der Waals surface area (Å²) in [4.78, 5) is 0. The summed E-state index contributed by atoms with van der Waals surface area (Å²) in [5.74, 6) is 0. The van der Waals surface area contributed by atoms with Crippen LogP contribution in [-0.4, -0.2) is 22.0 Å². The molecule has 0 fully saturated rings. The molecule has 0 spiro atoms. The summed E-state index contributed by atoms with van der Waals surface area (Å²) in [6, 6.07) is 0. The Morgan fingerprint density at radius 2 is 1.25 bits per heavy atom. The lowest BCUT2D eigenvalue weighted by molar-refractivity contribution is 0.864. The molecule has 3 radical (unpaired) electrons. The maximum absolute atomic E-state index is 2.93. The fraction of sp³-hybridized carbons (Fsp3) is 1.00. The molecule has 0 aromatic heterocycles. The Kier molecular flexibility index (Phi) is 401. The van der Waals surface area contributed by atoms with E-state index in [1.165, 1.54) is 0 Å². The smallest absolute Gasteiger partial charge is 0 e. The van der Waals surface area contributed by atoms with Gasteiger partial charge in [0.25, 0.3) is 0 Å². The summed E-state index contributed by atoms with van der Waals surface area (Å²) in [7, 11) is 1.93. The van der Waals surface area contributed by atoms with Gasteiger partial charge >= 0.3 is 0 Å². The highest BCUT2D eigenvalue weighted by molar-refractivity contribution is 5.75. The Morgan fingerprint density at radius 3 is 1.25 bits per heavy atom. The minimum atomic E-state index is 0. The summed E-state index contributed by atoms with van der Waals surface area (Å²) in [5, 5.41) is 2.93. The van der Waals surface area contributed by atoms with Crippen LogP contribution in [0.3, 0.4) is 0 Å². The van der Waals surface area contributed by atoms with E-state index < -0.39 is 0 Å². The van der Waals surface area contributed by atoms with Crippen LogP contribution >= 0.6 is 0 Å². The fourth-order valence-corrected chi connectivity index (χ4v) is 0. The molecule has 0 aromatic carbocycles. The summed E-state index contributed by atoms with van der Waals surface area (Å²) in [6.07, 6.45) is 0. The zero-order valence-corrected chi connectivity index (χ0v) is 5.01. The van der Waals surface area contributed by atoms with Crippen molar-refractivity contribution in [2.45, 2.75) is 6.92 Å². The van der Waals surface area contributed by atoms with Gasteiger partial charge in [0.15, 0.2) is 0 Å². The van der Waals surface area contributed by atoms with E-state index in [4.69, 9.17) is 0 Å². The largest absolute Gasteiger partial charge is 0.320 e.